The second kappa shape index (κ2) is 27.4. The first-order chi connectivity index (χ1) is 19.7. The average molecular weight is 590 g/mol. The van der Waals surface area contributed by atoms with E-state index >= 15 is 0 Å². The summed E-state index contributed by atoms with van der Waals surface area (Å²) in [6, 6.07) is -0.0990. The molecular formula is C27H51N5O9. The van der Waals surface area contributed by atoms with Crippen LogP contribution in [-0.4, -0.2) is 107 Å². The van der Waals surface area contributed by atoms with Gasteiger partial charge in [-0.25, -0.2) is 0 Å². The zero-order valence-corrected chi connectivity index (χ0v) is 24.5. The van der Waals surface area contributed by atoms with Gasteiger partial charge in [0, 0.05) is 44.9 Å². The summed E-state index contributed by atoms with van der Waals surface area (Å²) in [5.41, 5.74) is 5.16. The zero-order chi connectivity index (χ0) is 30.6. The van der Waals surface area contributed by atoms with E-state index in [2.05, 4.69) is 21.3 Å². The molecule has 0 aliphatic heterocycles. The van der Waals surface area contributed by atoms with Gasteiger partial charge in [-0.05, 0) is 26.2 Å². The van der Waals surface area contributed by atoms with E-state index < -0.39 is 5.97 Å². The molecule has 0 aliphatic rings. The molecule has 7 N–H and O–H groups in total. The quantitative estimate of drug-likeness (QED) is 0.0664. The van der Waals surface area contributed by atoms with Crippen LogP contribution >= 0.6 is 0 Å². The van der Waals surface area contributed by atoms with Crippen LogP contribution in [0.2, 0.25) is 0 Å². The Balaban J connectivity index is 3.51. The molecule has 0 saturated heterocycles. The Morgan fingerprint density at radius 1 is 0.634 bits per heavy atom. The molecule has 14 heteroatoms. The van der Waals surface area contributed by atoms with Crippen LogP contribution in [0.1, 0.15) is 71.1 Å². The second-order valence-electron chi connectivity index (χ2n) is 9.55. The van der Waals surface area contributed by atoms with Gasteiger partial charge < -0.3 is 46.3 Å². The molecule has 0 saturated carbocycles. The highest BCUT2D eigenvalue weighted by Gasteiger charge is 2.10. The van der Waals surface area contributed by atoms with Crippen LogP contribution in [0.4, 0.5) is 0 Å². The number of hydrogen-bond acceptors (Lipinski definition) is 9. The van der Waals surface area contributed by atoms with Crippen LogP contribution in [0, 0.1) is 0 Å². The minimum absolute atomic E-state index is 0.0203. The molecule has 1 atom stereocenters. The van der Waals surface area contributed by atoms with Crippen molar-refractivity contribution in [2.24, 2.45) is 5.73 Å². The lowest BCUT2D eigenvalue weighted by Crippen LogP contribution is -2.34. The van der Waals surface area contributed by atoms with Crippen LogP contribution in [-0.2, 0) is 38.2 Å². The van der Waals surface area contributed by atoms with Gasteiger partial charge in [0.15, 0.2) is 0 Å². The number of carboxylic acids is 1. The van der Waals surface area contributed by atoms with Gasteiger partial charge in [-0.1, -0.05) is 25.7 Å². The lowest BCUT2D eigenvalue weighted by molar-refractivity contribution is -0.137. The van der Waals surface area contributed by atoms with E-state index in [1.807, 2.05) is 6.92 Å². The summed E-state index contributed by atoms with van der Waals surface area (Å²) < 4.78 is 15.9. The van der Waals surface area contributed by atoms with Gasteiger partial charge in [0.2, 0.25) is 23.6 Å². The highest BCUT2D eigenvalue weighted by molar-refractivity contribution is 5.78. The Morgan fingerprint density at radius 3 is 1.76 bits per heavy atom. The summed E-state index contributed by atoms with van der Waals surface area (Å²) in [6.07, 6.45) is 6.82. The first-order valence-corrected chi connectivity index (χ1v) is 14.5. The molecule has 0 radical (unpaired) electrons. The number of rotatable bonds is 28. The third-order valence-corrected chi connectivity index (χ3v) is 5.75. The molecule has 0 aromatic rings. The predicted molar refractivity (Wildman–Crippen MR) is 152 cm³/mol. The minimum Gasteiger partial charge on any atom is -0.481 e. The number of carbonyl (C=O) groups is 5. The number of nitrogens with one attached hydrogen (secondary N) is 4. The molecular weight excluding hydrogens is 538 g/mol. The SMILES string of the molecule is C[C@@H](CCC(=O)NCCOCCOCC(=O)NCCOCCNC(=O)CN)NC(=O)CCCCCCCCC(=O)O. The highest BCUT2D eigenvalue weighted by Crippen LogP contribution is 2.09. The molecule has 0 fully saturated rings. The summed E-state index contributed by atoms with van der Waals surface area (Å²) in [6.45, 7) is 4.23. The fraction of sp³-hybridized carbons (Fsp3) is 0.815. The first kappa shape index (κ1) is 38.2. The summed E-state index contributed by atoms with van der Waals surface area (Å²) in [4.78, 5) is 57.1. The van der Waals surface area contributed by atoms with E-state index in [4.69, 9.17) is 25.1 Å². The second-order valence-corrected chi connectivity index (χ2v) is 9.55. The maximum atomic E-state index is 12.0. The Morgan fingerprint density at radius 2 is 1.15 bits per heavy atom. The zero-order valence-electron chi connectivity index (χ0n) is 24.5. The molecule has 0 spiro atoms. The fourth-order valence-corrected chi connectivity index (χ4v) is 3.52. The van der Waals surface area contributed by atoms with Gasteiger partial charge in [0.1, 0.15) is 6.61 Å². The monoisotopic (exact) mass is 589 g/mol. The van der Waals surface area contributed by atoms with Crippen molar-refractivity contribution in [3.8, 4) is 0 Å². The van der Waals surface area contributed by atoms with Crippen molar-refractivity contribution in [1.82, 2.24) is 21.3 Å². The maximum absolute atomic E-state index is 12.0. The molecule has 0 bridgehead atoms. The molecule has 0 rings (SSSR count). The average Bonchev–Trinajstić information content (AvgIpc) is 2.93. The van der Waals surface area contributed by atoms with Crippen molar-refractivity contribution in [1.29, 1.82) is 0 Å². The summed E-state index contributed by atoms with van der Waals surface area (Å²) in [5, 5.41) is 19.5. The van der Waals surface area contributed by atoms with Crippen LogP contribution in [0.25, 0.3) is 0 Å². The summed E-state index contributed by atoms with van der Waals surface area (Å²) >= 11 is 0. The standard InChI is InChI=1S/C27H51N5O9/c1-22(32-24(34)8-6-4-2-3-5-7-9-27(37)38)10-11-23(33)29-12-17-40-18-19-41-21-26(36)31-14-16-39-15-13-30-25(35)20-28/h22H,2-21,28H2,1H3,(H,29,33)(H,30,35)(H,31,36)(H,32,34)(H,37,38)/t22-/m0/s1. The number of nitrogens with two attached hydrogens (primary N) is 1. The van der Waals surface area contributed by atoms with Crippen LogP contribution in [0.5, 0.6) is 0 Å². The van der Waals surface area contributed by atoms with Crippen molar-refractivity contribution in [3.63, 3.8) is 0 Å². The first-order valence-electron chi connectivity index (χ1n) is 14.5. The van der Waals surface area contributed by atoms with Gasteiger partial charge in [-0.2, -0.15) is 0 Å². The van der Waals surface area contributed by atoms with Crippen LogP contribution < -0.4 is 27.0 Å². The third kappa shape index (κ3) is 28.5. The van der Waals surface area contributed by atoms with Crippen molar-refractivity contribution in [3.05, 3.63) is 0 Å². The molecule has 238 valence electrons. The predicted octanol–water partition coefficient (Wildman–Crippen LogP) is -0.166. The van der Waals surface area contributed by atoms with E-state index in [1.165, 1.54) is 0 Å². The number of carboxylic acid groups (broad SMARTS) is 1. The normalized spacial score (nSPS) is 11.5. The smallest absolute Gasteiger partial charge is 0.303 e. The van der Waals surface area contributed by atoms with Crippen molar-refractivity contribution in [2.75, 3.05) is 65.8 Å². The van der Waals surface area contributed by atoms with Gasteiger partial charge in [0.05, 0.1) is 39.6 Å². The van der Waals surface area contributed by atoms with Crippen molar-refractivity contribution in [2.45, 2.75) is 77.2 Å². The molecule has 0 heterocycles. The minimum atomic E-state index is -0.759. The number of carbonyl (C=O) groups excluding carboxylic acids is 4. The van der Waals surface area contributed by atoms with Gasteiger partial charge in [-0.15, -0.1) is 0 Å². The van der Waals surface area contributed by atoms with Crippen molar-refractivity contribution >= 4 is 29.6 Å². The number of ether oxygens (including phenoxy) is 3. The van der Waals surface area contributed by atoms with E-state index in [0.717, 1.165) is 32.1 Å². The summed E-state index contributed by atoms with van der Waals surface area (Å²) in [7, 11) is 0. The topological polar surface area (TPSA) is 207 Å². The van der Waals surface area contributed by atoms with Crippen molar-refractivity contribution < 1.29 is 43.3 Å². The third-order valence-electron chi connectivity index (χ3n) is 5.75. The lowest BCUT2D eigenvalue weighted by Gasteiger charge is -2.14. The van der Waals surface area contributed by atoms with Crippen LogP contribution in [0.3, 0.4) is 0 Å². The highest BCUT2D eigenvalue weighted by atomic mass is 16.5. The molecule has 41 heavy (non-hydrogen) atoms. The molecule has 14 nitrogen and oxygen atoms in total. The molecule has 0 aromatic heterocycles. The Labute approximate surface area is 243 Å². The lowest BCUT2D eigenvalue weighted by atomic mass is 10.1. The molecule has 4 amide bonds. The fourth-order valence-electron chi connectivity index (χ4n) is 3.52. The molecule has 0 aromatic carbocycles. The van der Waals surface area contributed by atoms with Gasteiger partial charge >= 0.3 is 5.97 Å². The number of unbranched alkanes of at least 4 members (excludes halogenated alkanes) is 5. The van der Waals surface area contributed by atoms with E-state index in [1.54, 1.807) is 0 Å². The largest absolute Gasteiger partial charge is 0.481 e. The Kier molecular flexibility index (Phi) is 25.5. The maximum Gasteiger partial charge on any atom is 0.303 e. The van der Waals surface area contributed by atoms with E-state index in [0.29, 0.717) is 65.1 Å². The van der Waals surface area contributed by atoms with E-state index in [-0.39, 0.29) is 62.5 Å². The van der Waals surface area contributed by atoms with Gasteiger partial charge in [-0.3, -0.25) is 24.0 Å². The number of amides is 4. The number of hydrogen-bond donors (Lipinski definition) is 6. The Hall–Kier alpha value is -2.81. The summed E-state index contributed by atoms with van der Waals surface area (Å²) in [5.74, 6) is -1.42. The van der Waals surface area contributed by atoms with E-state index in [9.17, 15) is 24.0 Å². The molecule has 0 unspecified atom stereocenters. The molecule has 0 aliphatic carbocycles. The van der Waals surface area contributed by atoms with Gasteiger partial charge in [0.25, 0.3) is 0 Å². The van der Waals surface area contributed by atoms with Crippen LogP contribution in [0.15, 0.2) is 0 Å². The number of aliphatic carboxylic acids is 1. The Bertz CT molecular complexity index is 740.